The van der Waals surface area contributed by atoms with Crippen LogP contribution >= 0.6 is 0 Å². The Balaban J connectivity index is 1.53. The van der Waals surface area contributed by atoms with E-state index in [2.05, 4.69) is 16.2 Å². The third-order valence-corrected chi connectivity index (χ3v) is 5.90. The predicted octanol–water partition coefficient (Wildman–Crippen LogP) is 1.99. The summed E-state index contributed by atoms with van der Waals surface area (Å²) in [5.74, 6) is 0.506. The molecule has 2 aromatic heterocycles. The Morgan fingerprint density at radius 3 is 2.75 bits per heavy atom. The molecular formula is C18H24N4O2. The van der Waals surface area contributed by atoms with E-state index in [0.717, 1.165) is 32.5 Å². The molecule has 4 heterocycles. The van der Waals surface area contributed by atoms with Crippen molar-refractivity contribution in [2.75, 3.05) is 20.1 Å². The monoisotopic (exact) mass is 328 g/mol. The second-order valence-electron chi connectivity index (χ2n) is 7.17. The number of carbonyl (C=O) groups is 1. The molecule has 6 nitrogen and oxygen atoms in total. The second kappa shape index (κ2) is 5.77. The average Bonchev–Trinajstić information content (AvgIpc) is 3.28. The number of aromatic nitrogens is 2. The highest BCUT2D eigenvalue weighted by molar-refractivity contribution is 5.81. The largest absolute Gasteiger partial charge is 0.472 e. The van der Waals surface area contributed by atoms with E-state index in [-0.39, 0.29) is 17.4 Å². The number of hydrogen-bond acceptors (Lipinski definition) is 4. The van der Waals surface area contributed by atoms with E-state index in [9.17, 15) is 4.79 Å². The van der Waals surface area contributed by atoms with Crippen LogP contribution in [-0.2, 0) is 18.4 Å². The molecule has 2 aliphatic heterocycles. The minimum atomic E-state index is -0.0625. The Morgan fingerprint density at radius 2 is 2.12 bits per heavy atom. The molecule has 2 aliphatic rings. The van der Waals surface area contributed by atoms with Gasteiger partial charge in [-0.2, -0.15) is 5.10 Å². The van der Waals surface area contributed by atoms with Gasteiger partial charge in [0.25, 0.3) is 0 Å². The lowest BCUT2D eigenvalue weighted by Gasteiger charge is -2.46. The predicted molar refractivity (Wildman–Crippen MR) is 89.3 cm³/mol. The molecule has 2 saturated heterocycles. The first-order valence-electron chi connectivity index (χ1n) is 8.57. The first-order chi connectivity index (χ1) is 11.6. The summed E-state index contributed by atoms with van der Waals surface area (Å²) in [6.07, 6.45) is 10.1. The van der Waals surface area contributed by atoms with Crippen LogP contribution in [-0.4, -0.2) is 51.2 Å². The van der Waals surface area contributed by atoms with Gasteiger partial charge in [0.1, 0.15) is 0 Å². The van der Waals surface area contributed by atoms with Crippen molar-refractivity contribution in [3.63, 3.8) is 0 Å². The summed E-state index contributed by atoms with van der Waals surface area (Å²) in [4.78, 5) is 16.9. The number of likely N-dealkylation sites (tertiary alicyclic amines) is 2. The third-order valence-electron chi connectivity index (χ3n) is 5.90. The number of rotatable bonds is 3. The Morgan fingerprint density at radius 1 is 1.33 bits per heavy atom. The molecule has 2 aromatic rings. The van der Waals surface area contributed by atoms with E-state index >= 15 is 0 Å². The van der Waals surface area contributed by atoms with Gasteiger partial charge in [-0.15, -0.1) is 0 Å². The van der Waals surface area contributed by atoms with Gasteiger partial charge in [-0.1, -0.05) is 0 Å². The van der Waals surface area contributed by atoms with Crippen molar-refractivity contribution in [3.8, 4) is 0 Å². The van der Waals surface area contributed by atoms with Crippen LogP contribution in [0.4, 0.5) is 0 Å². The maximum absolute atomic E-state index is 12.4. The normalized spacial score (nSPS) is 24.2. The van der Waals surface area contributed by atoms with Crippen LogP contribution in [0.15, 0.2) is 35.4 Å². The van der Waals surface area contributed by atoms with Gasteiger partial charge in [0, 0.05) is 57.8 Å². The number of nitrogens with zero attached hydrogens (tertiary/aromatic N) is 4. The summed E-state index contributed by atoms with van der Waals surface area (Å²) in [6, 6.07) is 2.02. The zero-order chi connectivity index (χ0) is 16.7. The van der Waals surface area contributed by atoms with E-state index in [0.29, 0.717) is 6.42 Å². The standard InChI is InChI=1S/C18H24N4O2/c1-20-12-15(10-19-20)16-9-17(23)21(2)18(16)4-6-22(7-5-18)11-14-3-8-24-13-14/h3,8,10,12-13,16H,4-7,9,11H2,1-2H3/t16-/m1/s1. The molecule has 24 heavy (non-hydrogen) atoms. The third kappa shape index (κ3) is 2.45. The number of hydrogen-bond donors (Lipinski definition) is 0. The Labute approximate surface area is 142 Å². The molecular weight excluding hydrogens is 304 g/mol. The number of likely N-dealkylation sites (N-methyl/N-ethyl adjacent to an activating group) is 1. The smallest absolute Gasteiger partial charge is 0.223 e. The molecule has 128 valence electrons. The SMILES string of the molecule is CN1C(=O)C[C@H](c2cnn(C)c2)C12CCN(Cc1ccoc1)CC2. The van der Waals surface area contributed by atoms with Crippen molar-refractivity contribution in [2.24, 2.45) is 7.05 Å². The lowest BCUT2D eigenvalue weighted by Crippen LogP contribution is -2.53. The Hall–Kier alpha value is -2.08. The van der Waals surface area contributed by atoms with Crippen LogP contribution in [0, 0.1) is 0 Å². The first kappa shape index (κ1) is 15.4. The second-order valence-corrected chi connectivity index (χ2v) is 7.17. The molecule has 0 N–H and O–H groups in total. The van der Waals surface area contributed by atoms with Gasteiger partial charge >= 0.3 is 0 Å². The van der Waals surface area contributed by atoms with Crippen molar-refractivity contribution < 1.29 is 9.21 Å². The highest BCUT2D eigenvalue weighted by Crippen LogP contribution is 2.48. The maximum Gasteiger partial charge on any atom is 0.223 e. The first-order valence-corrected chi connectivity index (χ1v) is 8.57. The summed E-state index contributed by atoms with van der Waals surface area (Å²) in [5, 5.41) is 4.32. The topological polar surface area (TPSA) is 54.5 Å². The zero-order valence-corrected chi connectivity index (χ0v) is 14.3. The molecule has 1 spiro atoms. The van der Waals surface area contributed by atoms with Gasteiger partial charge in [0.05, 0.1) is 24.3 Å². The molecule has 0 saturated carbocycles. The van der Waals surface area contributed by atoms with Gasteiger partial charge in [-0.3, -0.25) is 14.4 Å². The highest BCUT2D eigenvalue weighted by atomic mass is 16.3. The molecule has 0 unspecified atom stereocenters. The van der Waals surface area contributed by atoms with Crippen molar-refractivity contribution in [2.45, 2.75) is 37.3 Å². The van der Waals surface area contributed by atoms with E-state index in [1.54, 1.807) is 6.26 Å². The molecule has 0 aromatic carbocycles. The van der Waals surface area contributed by atoms with Gasteiger partial charge < -0.3 is 9.32 Å². The van der Waals surface area contributed by atoms with E-state index < -0.39 is 0 Å². The summed E-state index contributed by atoms with van der Waals surface area (Å²) in [5.41, 5.74) is 2.34. The van der Waals surface area contributed by atoms with E-state index in [1.165, 1.54) is 11.1 Å². The molecule has 0 bridgehead atoms. The Kier molecular flexibility index (Phi) is 3.72. The van der Waals surface area contributed by atoms with Crippen LogP contribution < -0.4 is 0 Å². The summed E-state index contributed by atoms with van der Waals surface area (Å²) in [7, 11) is 3.91. The fourth-order valence-electron chi connectivity index (χ4n) is 4.45. The van der Waals surface area contributed by atoms with Crippen LogP contribution in [0.2, 0.25) is 0 Å². The van der Waals surface area contributed by atoms with Crippen LogP contribution in [0.5, 0.6) is 0 Å². The van der Waals surface area contributed by atoms with E-state index in [1.807, 2.05) is 42.2 Å². The summed E-state index contributed by atoms with van der Waals surface area (Å²) in [6.45, 7) is 2.92. The van der Waals surface area contributed by atoms with Crippen molar-refractivity contribution in [1.29, 1.82) is 0 Å². The molecule has 4 rings (SSSR count). The molecule has 1 amide bonds. The highest BCUT2D eigenvalue weighted by Gasteiger charge is 2.52. The van der Waals surface area contributed by atoms with Crippen LogP contribution in [0.25, 0.3) is 0 Å². The van der Waals surface area contributed by atoms with E-state index in [4.69, 9.17) is 4.42 Å². The fourth-order valence-corrected chi connectivity index (χ4v) is 4.45. The van der Waals surface area contributed by atoms with Crippen LogP contribution in [0.3, 0.4) is 0 Å². The number of aryl methyl sites for hydroxylation is 1. The number of furan rings is 1. The minimum Gasteiger partial charge on any atom is -0.472 e. The van der Waals surface area contributed by atoms with Gasteiger partial charge in [0.15, 0.2) is 0 Å². The minimum absolute atomic E-state index is 0.0625. The summed E-state index contributed by atoms with van der Waals surface area (Å²) >= 11 is 0. The molecule has 2 fully saturated rings. The molecule has 1 atom stereocenters. The lowest BCUT2D eigenvalue weighted by molar-refractivity contribution is -0.130. The van der Waals surface area contributed by atoms with Crippen LogP contribution in [0.1, 0.15) is 36.3 Å². The fraction of sp³-hybridized carbons (Fsp3) is 0.556. The summed E-state index contributed by atoms with van der Waals surface area (Å²) < 4.78 is 7.00. The van der Waals surface area contributed by atoms with Gasteiger partial charge in [0.2, 0.25) is 5.91 Å². The van der Waals surface area contributed by atoms with Gasteiger partial charge in [-0.05, 0) is 24.5 Å². The quantitative estimate of drug-likeness (QED) is 0.865. The average molecular weight is 328 g/mol. The van der Waals surface area contributed by atoms with Crippen molar-refractivity contribution >= 4 is 5.91 Å². The molecule has 0 aliphatic carbocycles. The number of carbonyl (C=O) groups excluding carboxylic acids is 1. The molecule has 0 radical (unpaired) electrons. The van der Waals surface area contributed by atoms with Gasteiger partial charge in [-0.25, -0.2) is 0 Å². The number of piperidine rings is 1. The lowest BCUT2D eigenvalue weighted by atomic mass is 9.74. The maximum atomic E-state index is 12.4. The zero-order valence-electron chi connectivity index (χ0n) is 14.3. The molecule has 6 heteroatoms. The van der Waals surface area contributed by atoms with Crippen molar-refractivity contribution in [1.82, 2.24) is 19.6 Å². The number of amides is 1. The van der Waals surface area contributed by atoms with Crippen molar-refractivity contribution in [3.05, 3.63) is 42.1 Å². The Bertz CT molecular complexity index is 713.